The molecule has 0 aliphatic carbocycles. The largest absolute Gasteiger partial charge is 0.455 e. The van der Waals surface area contributed by atoms with Gasteiger partial charge >= 0.3 is 0 Å². The first-order chi connectivity index (χ1) is 20.8. The third-order valence-corrected chi connectivity index (χ3v) is 8.06. The Hall–Kier alpha value is -5.60. The molecule has 0 unspecified atom stereocenters. The molecular weight excluding hydrogens is 510 g/mol. The van der Waals surface area contributed by atoms with Gasteiger partial charge in [0.15, 0.2) is 0 Å². The first-order valence-electron chi connectivity index (χ1n) is 14.3. The van der Waals surface area contributed by atoms with Gasteiger partial charge in [0.25, 0.3) is 0 Å². The first kappa shape index (κ1) is 24.2. The lowest BCUT2D eigenvalue weighted by atomic mass is 10.0. The fraction of sp³-hybridized carbons (Fsp3) is 0. The number of rotatable bonds is 5. The maximum Gasteiger partial charge on any atom is 0.143 e. The maximum atomic E-state index is 6.33. The molecular formula is C40H27NO. The van der Waals surface area contributed by atoms with Crippen LogP contribution in [0.5, 0.6) is 0 Å². The Morgan fingerprint density at radius 1 is 0.381 bits per heavy atom. The zero-order valence-electron chi connectivity index (χ0n) is 22.9. The topological polar surface area (TPSA) is 16.4 Å². The lowest BCUT2D eigenvalue weighted by Crippen LogP contribution is -2.09. The average molecular weight is 538 g/mol. The summed E-state index contributed by atoms with van der Waals surface area (Å²) in [6, 6.07) is 58.0. The smallest absolute Gasteiger partial charge is 0.143 e. The predicted octanol–water partition coefficient (Wildman–Crippen LogP) is 11.5. The Morgan fingerprint density at radius 2 is 0.976 bits per heavy atom. The predicted molar refractivity (Wildman–Crippen MR) is 177 cm³/mol. The molecule has 0 fully saturated rings. The number of furan rings is 1. The summed E-state index contributed by atoms with van der Waals surface area (Å²) in [6.07, 6.45) is 0. The van der Waals surface area contributed by atoms with Crippen LogP contribution >= 0.6 is 0 Å². The third kappa shape index (κ3) is 4.22. The Morgan fingerprint density at radius 3 is 1.76 bits per heavy atom. The molecule has 1 aromatic heterocycles. The molecule has 198 valence electrons. The van der Waals surface area contributed by atoms with Gasteiger partial charge in [-0.25, -0.2) is 0 Å². The van der Waals surface area contributed by atoms with Gasteiger partial charge < -0.3 is 9.32 Å². The normalized spacial score (nSPS) is 11.3. The lowest BCUT2D eigenvalue weighted by molar-refractivity contribution is 0.670. The van der Waals surface area contributed by atoms with Crippen LogP contribution in [0.25, 0.3) is 55.0 Å². The highest BCUT2D eigenvalue weighted by Crippen LogP contribution is 2.40. The van der Waals surface area contributed by atoms with Crippen molar-refractivity contribution in [1.29, 1.82) is 0 Å². The fourth-order valence-electron chi connectivity index (χ4n) is 5.96. The van der Waals surface area contributed by atoms with Gasteiger partial charge in [0, 0.05) is 33.4 Å². The molecule has 0 aliphatic rings. The van der Waals surface area contributed by atoms with E-state index >= 15 is 0 Å². The highest BCUT2D eigenvalue weighted by atomic mass is 16.3. The molecule has 0 bridgehead atoms. The summed E-state index contributed by atoms with van der Waals surface area (Å²) in [7, 11) is 0. The molecule has 0 saturated carbocycles. The molecule has 0 spiro atoms. The number of fused-ring (bicyclic) bond motifs is 4. The maximum absolute atomic E-state index is 6.33. The molecule has 8 aromatic rings. The highest BCUT2D eigenvalue weighted by molar-refractivity contribution is 6.09. The molecule has 2 heteroatoms. The van der Waals surface area contributed by atoms with Gasteiger partial charge in [-0.1, -0.05) is 121 Å². The van der Waals surface area contributed by atoms with E-state index in [1.165, 1.54) is 21.9 Å². The van der Waals surface area contributed by atoms with E-state index in [9.17, 15) is 0 Å². The van der Waals surface area contributed by atoms with E-state index in [0.717, 1.165) is 50.1 Å². The number of hydrogen-bond donors (Lipinski definition) is 0. The minimum absolute atomic E-state index is 0.915. The zero-order chi connectivity index (χ0) is 27.9. The zero-order valence-corrected chi connectivity index (χ0v) is 22.9. The van der Waals surface area contributed by atoms with Gasteiger partial charge in [0.05, 0.1) is 0 Å². The van der Waals surface area contributed by atoms with Gasteiger partial charge in [0.1, 0.15) is 11.2 Å². The van der Waals surface area contributed by atoms with Crippen molar-refractivity contribution in [3.63, 3.8) is 0 Å². The van der Waals surface area contributed by atoms with Crippen LogP contribution in [0.1, 0.15) is 0 Å². The number of anilines is 3. The van der Waals surface area contributed by atoms with Gasteiger partial charge in [-0.2, -0.15) is 0 Å². The molecule has 0 atom stereocenters. The van der Waals surface area contributed by atoms with Crippen molar-refractivity contribution >= 4 is 49.8 Å². The van der Waals surface area contributed by atoms with Crippen molar-refractivity contribution in [3.05, 3.63) is 164 Å². The van der Waals surface area contributed by atoms with Crippen LogP contribution in [0.15, 0.2) is 168 Å². The molecule has 0 radical (unpaired) electrons. The molecule has 2 nitrogen and oxygen atoms in total. The molecule has 0 amide bonds. The van der Waals surface area contributed by atoms with E-state index in [1.807, 2.05) is 12.1 Å². The van der Waals surface area contributed by atoms with Crippen molar-refractivity contribution in [2.24, 2.45) is 0 Å². The Balaban J connectivity index is 1.23. The van der Waals surface area contributed by atoms with Crippen molar-refractivity contribution in [2.75, 3.05) is 4.90 Å². The fourth-order valence-corrected chi connectivity index (χ4v) is 5.96. The van der Waals surface area contributed by atoms with E-state index in [-0.39, 0.29) is 0 Å². The van der Waals surface area contributed by atoms with E-state index in [1.54, 1.807) is 0 Å². The van der Waals surface area contributed by atoms with Crippen LogP contribution in [0.4, 0.5) is 17.1 Å². The quantitative estimate of drug-likeness (QED) is 0.217. The van der Waals surface area contributed by atoms with Gasteiger partial charge in [0.2, 0.25) is 0 Å². The molecule has 8 rings (SSSR count). The number of para-hydroxylation sites is 2. The van der Waals surface area contributed by atoms with E-state index in [2.05, 4.69) is 157 Å². The minimum Gasteiger partial charge on any atom is -0.455 e. The molecule has 1 heterocycles. The summed E-state index contributed by atoms with van der Waals surface area (Å²) in [5.41, 5.74) is 9.80. The second-order valence-corrected chi connectivity index (χ2v) is 10.6. The average Bonchev–Trinajstić information content (AvgIpc) is 3.45. The number of hydrogen-bond acceptors (Lipinski definition) is 2. The summed E-state index contributed by atoms with van der Waals surface area (Å²) in [5.74, 6) is 0. The van der Waals surface area contributed by atoms with Crippen LogP contribution in [0.3, 0.4) is 0 Å². The molecule has 42 heavy (non-hydrogen) atoms. The van der Waals surface area contributed by atoms with Crippen LogP contribution in [-0.2, 0) is 0 Å². The Labute approximate surface area is 244 Å². The Bertz CT molecular complexity index is 2180. The molecule has 0 saturated heterocycles. The van der Waals surface area contributed by atoms with Crippen molar-refractivity contribution < 1.29 is 4.42 Å². The second-order valence-electron chi connectivity index (χ2n) is 10.6. The molecule has 7 aromatic carbocycles. The molecule has 0 N–H and O–H groups in total. The standard InChI is InChI=1S/C40H27NO/c1-2-9-28(10-3-1)30-17-22-33(23-18-30)41(35-26-19-29-11-4-5-12-32(29)27-35)34-24-20-31(21-25-34)36-14-8-15-38-37-13-6-7-16-39(37)42-40(36)38/h1-27H. The monoisotopic (exact) mass is 537 g/mol. The van der Waals surface area contributed by atoms with Gasteiger partial charge in [-0.3, -0.25) is 0 Å². The van der Waals surface area contributed by atoms with Gasteiger partial charge in [-0.15, -0.1) is 0 Å². The van der Waals surface area contributed by atoms with Crippen molar-refractivity contribution in [3.8, 4) is 22.3 Å². The number of benzene rings is 7. The van der Waals surface area contributed by atoms with E-state index in [0.29, 0.717) is 0 Å². The Kier molecular flexibility index (Phi) is 5.82. The highest BCUT2D eigenvalue weighted by Gasteiger charge is 2.16. The first-order valence-corrected chi connectivity index (χ1v) is 14.3. The third-order valence-electron chi connectivity index (χ3n) is 8.06. The van der Waals surface area contributed by atoms with Crippen LogP contribution in [-0.4, -0.2) is 0 Å². The van der Waals surface area contributed by atoms with E-state index < -0.39 is 0 Å². The second kappa shape index (κ2) is 10.1. The van der Waals surface area contributed by atoms with Crippen molar-refractivity contribution in [1.82, 2.24) is 0 Å². The summed E-state index contributed by atoms with van der Waals surface area (Å²) in [5, 5.41) is 4.74. The van der Waals surface area contributed by atoms with Gasteiger partial charge in [-0.05, 0) is 69.9 Å². The van der Waals surface area contributed by atoms with Crippen LogP contribution in [0, 0.1) is 0 Å². The summed E-state index contributed by atoms with van der Waals surface area (Å²) in [4.78, 5) is 2.33. The molecule has 0 aliphatic heterocycles. The summed E-state index contributed by atoms with van der Waals surface area (Å²) in [6.45, 7) is 0. The van der Waals surface area contributed by atoms with Crippen LogP contribution in [0.2, 0.25) is 0 Å². The van der Waals surface area contributed by atoms with Crippen LogP contribution < -0.4 is 4.90 Å². The summed E-state index contributed by atoms with van der Waals surface area (Å²) >= 11 is 0. The van der Waals surface area contributed by atoms with E-state index in [4.69, 9.17) is 4.42 Å². The lowest BCUT2D eigenvalue weighted by Gasteiger charge is -2.26. The number of nitrogens with zero attached hydrogens (tertiary/aromatic N) is 1. The van der Waals surface area contributed by atoms with Crippen molar-refractivity contribution in [2.45, 2.75) is 0 Å². The minimum atomic E-state index is 0.915. The SMILES string of the molecule is c1ccc(-c2ccc(N(c3ccc(-c4cccc5c4oc4ccccc45)cc3)c3ccc4ccccc4c3)cc2)cc1. The summed E-state index contributed by atoms with van der Waals surface area (Å²) < 4.78 is 6.33.